The third kappa shape index (κ3) is 4.20. The summed E-state index contributed by atoms with van der Waals surface area (Å²) in [5.74, 6) is -0.634. The molecule has 3 aliphatic rings. The fourth-order valence-corrected chi connectivity index (χ4v) is 5.08. The molecule has 4 atom stereocenters. The number of rotatable bonds is 3. The van der Waals surface area contributed by atoms with Gasteiger partial charge in [-0.2, -0.15) is 0 Å². The first-order valence-electron chi connectivity index (χ1n) is 10.6. The van der Waals surface area contributed by atoms with Crippen molar-refractivity contribution in [1.29, 1.82) is 0 Å². The molecule has 0 radical (unpaired) electrons. The largest absolute Gasteiger partial charge is 0.573 e. The van der Waals surface area contributed by atoms with Gasteiger partial charge in [-0.25, -0.2) is 9.98 Å². The molecule has 2 aliphatic heterocycles. The van der Waals surface area contributed by atoms with E-state index in [1.807, 2.05) is 0 Å². The number of fused-ring (bicyclic) bond motifs is 4. The van der Waals surface area contributed by atoms with Gasteiger partial charge in [0.1, 0.15) is 35.4 Å². The average Bonchev–Trinajstić information content (AvgIpc) is 3.16. The Kier molecular flexibility index (Phi) is 5.46. The van der Waals surface area contributed by atoms with E-state index in [4.69, 9.17) is 26.8 Å². The van der Waals surface area contributed by atoms with Crippen LogP contribution < -0.4 is 20.5 Å². The normalized spacial score (nSPS) is 27.6. The monoisotopic (exact) mass is 496 g/mol. The number of pyridine rings is 1. The summed E-state index contributed by atoms with van der Waals surface area (Å²) in [7, 11) is 0. The van der Waals surface area contributed by atoms with E-state index in [0.717, 1.165) is 0 Å². The Morgan fingerprint density at radius 1 is 1.26 bits per heavy atom. The molecule has 1 spiro atoms. The second-order valence-corrected chi connectivity index (χ2v) is 8.91. The second-order valence-electron chi connectivity index (χ2n) is 8.48. The highest BCUT2D eigenvalue weighted by molar-refractivity contribution is 6.30. The number of benzene rings is 1. The zero-order valence-corrected chi connectivity index (χ0v) is 18.4. The van der Waals surface area contributed by atoms with Crippen molar-refractivity contribution in [3.8, 4) is 11.5 Å². The first-order valence-corrected chi connectivity index (χ1v) is 11.0. The van der Waals surface area contributed by atoms with Gasteiger partial charge in [0.05, 0.1) is 5.02 Å². The van der Waals surface area contributed by atoms with Gasteiger partial charge < -0.3 is 25.3 Å². The minimum atomic E-state index is -4.84. The number of hydrogen-bond acceptors (Lipinski definition) is 7. The van der Waals surface area contributed by atoms with Gasteiger partial charge in [0.2, 0.25) is 0 Å². The van der Waals surface area contributed by atoms with E-state index in [1.54, 1.807) is 6.07 Å². The number of nitrogens with one attached hydrogen (secondary N) is 1. The molecule has 8 nitrogen and oxygen atoms in total. The Morgan fingerprint density at radius 3 is 2.76 bits per heavy atom. The quantitative estimate of drug-likeness (QED) is 0.673. The molecular formula is C22H20ClF3N4O4. The van der Waals surface area contributed by atoms with Crippen LogP contribution in [0.25, 0.3) is 0 Å². The smallest absolute Gasteiger partial charge is 0.490 e. The molecule has 0 saturated heterocycles. The highest BCUT2D eigenvalue weighted by Crippen LogP contribution is 2.53. The molecule has 3 N–H and O–H groups in total. The van der Waals surface area contributed by atoms with Crippen molar-refractivity contribution in [1.82, 2.24) is 10.3 Å². The highest BCUT2D eigenvalue weighted by Gasteiger charge is 2.56. The number of ether oxygens (including phenoxy) is 3. The summed E-state index contributed by atoms with van der Waals surface area (Å²) in [6.07, 6.45) is -2.04. The number of aromatic nitrogens is 1. The lowest BCUT2D eigenvalue weighted by Crippen LogP contribution is -2.54. The molecule has 34 heavy (non-hydrogen) atoms. The number of hydrogen-bond donors (Lipinski definition) is 2. The highest BCUT2D eigenvalue weighted by atomic mass is 35.5. The lowest BCUT2D eigenvalue weighted by atomic mass is 9.67. The number of amidine groups is 1. The van der Waals surface area contributed by atoms with Crippen LogP contribution in [0.15, 0.2) is 41.5 Å². The second kappa shape index (κ2) is 8.23. The summed E-state index contributed by atoms with van der Waals surface area (Å²) < 4.78 is 54.2. The molecule has 5 rings (SSSR count). The Bertz CT molecular complexity index is 1140. The maximum atomic E-state index is 12.8. The molecular weight excluding hydrogens is 477 g/mol. The Morgan fingerprint density at radius 2 is 2.09 bits per heavy atom. The topological polar surface area (TPSA) is 108 Å². The molecule has 3 heterocycles. The number of halogens is 4. The van der Waals surface area contributed by atoms with Gasteiger partial charge in [0.15, 0.2) is 0 Å². The number of alkyl halides is 3. The molecule has 2 aromatic rings. The van der Waals surface area contributed by atoms with Crippen LogP contribution in [-0.2, 0) is 10.3 Å². The molecule has 1 amide bonds. The first-order chi connectivity index (χ1) is 16.1. The zero-order valence-electron chi connectivity index (χ0n) is 17.6. The van der Waals surface area contributed by atoms with Crippen molar-refractivity contribution < 1.29 is 32.2 Å². The van der Waals surface area contributed by atoms with Crippen LogP contribution in [0, 0.1) is 5.92 Å². The van der Waals surface area contributed by atoms with E-state index in [9.17, 15) is 18.0 Å². The first kappa shape index (κ1) is 22.6. The van der Waals surface area contributed by atoms with Crippen molar-refractivity contribution >= 4 is 23.5 Å². The zero-order chi connectivity index (χ0) is 24.1. The van der Waals surface area contributed by atoms with E-state index < -0.39 is 11.9 Å². The molecule has 1 aliphatic carbocycles. The summed E-state index contributed by atoms with van der Waals surface area (Å²) in [5.41, 5.74) is 5.42. The number of nitrogens with two attached hydrogens (primary N) is 1. The van der Waals surface area contributed by atoms with Gasteiger partial charge in [-0.3, -0.25) is 4.79 Å². The minimum absolute atomic E-state index is 0.0469. The van der Waals surface area contributed by atoms with Gasteiger partial charge in [-0.15, -0.1) is 13.2 Å². The van der Waals surface area contributed by atoms with Crippen molar-refractivity contribution in [2.75, 3.05) is 6.61 Å². The number of carbonyl (C=O) groups excluding carboxylic acids is 1. The number of carbonyl (C=O) groups is 1. The van der Waals surface area contributed by atoms with Gasteiger partial charge >= 0.3 is 6.36 Å². The number of amides is 1. The van der Waals surface area contributed by atoms with Crippen LogP contribution in [0.4, 0.5) is 13.2 Å². The minimum Gasteiger partial charge on any atom is -0.490 e. The van der Waals surface area contributed by atoms with E-state index in [1.165, 1.54) is 30.5 Å². The van der Waals surface area contributed by atoms with Crippen molar-refractivity contribution in [3.63, 3.8) is 0 Å². The molecule has 180 valence electrons. The summed E-state index contributed by atoms with van der Waals surface area (Å²) in [5, 5.41) is 3.40. The Balaban J connectivity index is 1.44. The maximum Gasteiger partial charge on any atom is 0.573 e. The standard InChI is InChI=1S/C22H20ClF3N4O4/c23-11-1-4-16(28-9-11)19(31)29-12-2-5-17-14(7-12)21(10-32-20(27)30-21)15-8-13(34-22(24,25)26)3-6-18(15)33-17/h1,3-4,6,8-9,12,14,17H,2,5,7,10H2,(H2,27,30)(H,29,31). The molecule has 1 aromatic carbocycles. The fourth-order valence-electron chi connectivity index (χ4n) is 4.97. The summed E-state index contributed by atoms with van der Waals surface area (Å²) >= 11 is 5.84. The van der Waals surface area contributed by atoms with Crippen molar-refractivity contribution in [2.45, 2.75) is 43.3 Å². The lowest BCUT2D eigenvalue weighted by molar-refractivity contribution is -0.274. The van der Waals surface area contributed by atoms with Crippen LogP contribution in [0.5, 0.6) is 11.5 Å². The summed E-state index contributed by atoms with van der Waals surface area (Å²) in [6, 6.07) is 6.74. The fraction of sp³-hybridized carbons (Fsp3) is 0.409. The van der Waals surface area contributed by atoms with Crippen LogP contribution in [0.1, 0.15) is 35.3 Å². The van der Waals surface area contributed by atoms with Crippen molar-refractivity contribution in [2.24, 2.45) is 16.6 Å². The Labute approximate surface area is 197 Å². The van der Waals surface area contributed by atoms with Crippen molar-refractivity contribution in [3.05, 3.63) is 52.8 Å². The van der Waals surface area contributed by atoms with Crippen LogP contribution >= 0.6 is 11.6 Å². The van der Waals surface area contributed by atoms with Crippen LogP contribution in [0.2, 0.25) is 5.02 Å². The maximum absolute atomic E-state index is 12.8. The molecule has 1 aromatic heterocycles. The molecule has 1 fully saturated rings. The van der Waals surface area contributed by atoms with Crippen LogP contribution in [0.3, 0.4) is 0 Å². The number of aliphatic imine (C=N–C) groups is 1. The van der Waals surface area contributed by atoms with Gasteiger partial charge in [-0.05, 0) is 49.6 Å². The molecule has 4 unspecified atom stereocenters. The van der Waals surface area contributed by atoms with Gasteiger partial charge in [0, 0.05) is 23.7 Å². The Hall–Kier alpha value is -3.21. The SMILES string of the molecule is NC1=NC2(CO1)c1cc(OC(F)(F)F)ccc1OC1CCC(NC(=O)c3ccc(Cl)cn3)CC12. The molecule has 1 saturated carbocycles. The van der Waals surface area contributed by atoms with Gasteiger partial charge in [-0.1, -0.05) is 11.6 Å². The summed E-state index contributed by atoms with van der Waals surface area (Å²) in [6.45, 7) is 0.0469. The summed E-state index contributed by atoms with van der Waals surface area (Å²) in [4.78, 5) is 21.3. The third-order valence-electron chi connectivity index (χ3n) is 6.37. The predicted molar refractivity (Wildman–Crippen MR) is 115 cm³/mol. The average molecular weight is 497 g/mol. The van der Waals surface area contributed by atoms with E-state index in [2.05, 4.69) is 20.0 Å². The third-order valence-corrected chi connectivity index (χ3v) is 6.60. The van der Waals surface area contributed by atoms with E-state index in [-0.39, 0.29) is 48.0 Å². The van der Waals surface area contributed by atoms with E-state index in [0.29, 0.717) is 35.6 Å². The van der Waals surface area contributed by atoms with Gasteiger partial charge in [0.25, 0.3) is 11.9 Å². The number of nitrogens with zero attached hydrogens (tertiary/aromatic N) is 2. The molecule has 12 heteroatoms. The lowest BCUT2D eigenvalue weighted by Gasteiger charge is -2.48. The van der Waals surface area contributed by atoms with E-state index >= 15 is 0 Å². The molecule has 0 bridgehead atoms. The predicted octanol–water partition coefficient (Wildman–Crippen LogP) is 3.53. The van der Waals surface area contributed by atoms with Crippen LogP contribution in [-0.4, -0.2) is 42.0 Å².